The third-order valence-electron chi connectivity index (χ3n) is 4.86. The molecule has 0 saturated heterocycles. The molecule has 4 rings (SSSR count). The normalized spacial score (nSPS) is 15.6. The molecule has 1 aromatic heterocycles. The van der Waals surface area contributed by atoms with Crippen molar-refractivity contribution in [3.8, 4) is 11.4 Å². The molecule has 142 valence electrons. The minimum atomic E-state index is -0.197. The molecule has 28 heavy (non-hydrogen) atoms. The topological polar surface area (TPSA) is 102 Å². The Bertz CT molecular complexity index is 1030. The number of anilines is 2. The van der Waals surface area contributed by atoms with E-state index in [0.29, 0.717) is 24.4 Å². The predicted molar refractivity (Wildman–Crippen MR) is 104 cm³/mol. The van der Waals surface area contributed by atoms with E-state index in [9.17, 15) is 9.59 Å². The Kier molecular flexibility index (Phi) is 4.84. The van der Waals surface area contributed by atoms with E-state index < -0.39 is 0 Å². The van der Waals surface area contributed by atoms with Crippen molar-refractivity contribution in [2.45, 2.75) is 19.3 Å². The molecule has 1 atom stereocenters. The first-order valence-corrected chi connectivity index (χ1v) is 9.11. The summed E-state index contributed by atoms with van der Waals surface area (Å²) < 4.78 is 1.57. The molecule has 0 bridgehead atoms. The van der Waals surface area contributed by atoms with Crippen LogP contribution in [0.15, 0.2) is 48.5 Å². The minimum absolute atomic E-state index is 0.0247. The highest BCUT2D eigenvalue weighted by molar-refractivity contribution is 5.96. The number of aromatic nitrogens is 4. The molecule has 8 nitrogen and oxygen atoms in total. The molecule has 0 aliphatic carbocycles. The standard InChI is InChI=1S/C20H20N6O2/c1-26-19(23-24-25-26)14-6-4-7-16(12-14)21-18(27)10-9-15-11-13-5-2-3-8-17(13)22-20(15)28/h2-8,12,15H,9-11H2,1H3,(H,21,27)(H,22,28). The van der Waals surface area contributed by atoms with E-state index in [1.807, 2.05) is 48.5 Å². The Balaban J connectivity index is 1.37. The van der Waals surface area contributed by atoms with Gasteiger partial charge in [-0.3, -0.25) is 9.59 Å². The molecule has 2 heterocycles. The molecular formula is C20H20N6O2. The molecular weight excluding hydrogens is 356 g/mol. The maximum absolute atomic E-state index is 12.4. The van der Waals surface area contributed by atoms with Crippen LogP contribution < -0.4 is 10.6 Å². The lowest BCUT2D eigenvalue weighted by Gasteiger charge is -2.24. The van der Waals surface area contributed by atoms with Gasteiger partial charge in [0.1, 0.15) is 0 Å². The van der Waals surface area contributed by atoms with Crippen molar-refractivity contribution in [2.24, 2.45) is 13.0 Å². The molecule has 0 radical (unpaired) electrons. The molecule has 3 aromatic rings. The van der Waals surface area contributed by atoms with E-state index in [1.165, 1.54) is 0 Å². The van der Waals surface area contributed by atoms with Gasteiger partial charge in [0.2, 0.25) is 11.8 Å². The van der Waals surface area contributed by atoms with Gasteiger partial charge in [-0.2, -0.15) is 0 Å². The number of tetrazole rings is 1. The zero-order valence-electron chi connectivity index (χ0n) is 15.4. The van der Waals surface area contributed by atoms with Gasteiger partial charge in [-0.25, -0.2) is 4.68 Å². The maximum Gasteiger partial charge on any atom is 0.227 e. The predicted octanol–water partition coefficient (Wildman–Crippen LogP) is 2.41. The third kappa shape index (κ3) is 3.75. The van der Waals surface area contributed by atoms with Crippen molar-refractivity contribution < 1.29 is 9.59 Å². The summed E-state index contributed by atoms with van der Waals surface area (Å²) in [7, 11) is 1.76. The quantitative estimate of drug-likeness (QED) is 0.712. The summed E-state index contributed by atoms with van der Waals surface area (Å²) in [5.74, 6) is 0.272. The molecule has 1 unspecified atom stereocenters. The Morgan fingerprint density at radius 3 is 2.93 bits per heavy atom. The second kappa shape index (κ2) is 7.59. The van der Waals surface area contributed by atoms with E-state index in [4.69, 9.17) is 0 Å². The molecule has 2 amide bonds. The molecule has 1 aliphatic heterocycles. The number of carbonyl (C=O) groups excluding carboxylic acids is 2. The van der Waals surface area contributed by atoms with Gasteiger partial charge in [-0.1, -0.05) is 30.3 Å². The molecule has 2 aromatic carbocycles. The van der Waals surface area contributed by atoms with Gasteiger partial charge >= 0.3 is 0 Å². The summed E-state index contributed by atoms with van der Waals surface area (Å²) in [4.78, 5) is 24.7. The lowest BCUT2D eigenvalue weighted by molar-refractivity contribution is -0.121. The number of rotatable bonds is 5. The van der Waals surface area contributed by atoms with Crippen LogP contribution in [0.25, 0.3) is 11.4 Å². The van der Waals surface area contributed by atoms with Gasteiger partial charge in [0, 0.05) is 36.3 Å². The van der Waals surface area contributed by atoms with Crippen LogP contribution in [0.3, 0.4) is 0 Å². The SMILES string of the molecule is Cn1nnnc1-c1cccc(NC(=O)CCC2Cc3ccccc3NC2=O)c1. The van der Waals surface area contributed by atoms with Crippen LogP contribution in [0.4, 0.5) is 11.4 Å². The zero-order valence-corrected chi connectivity index (χ0v) is 15.4. The molecule has 2 N–H and O–H groups in total. The number of nitrogens with one attached hydrogen (secondary N) is 2. The van der Waals surface area contributed by atoms with Crippen molar-refractivity contribution in [2.75, 3.05) is 10.6 Å². The maximum atomic E-state index is 12.4. The van der Waals surface area contributed by atoms with E-state index in [1.54, 1.807) is 11.7 Å². The summed E-state index contributed by atoms with van der Waals surface area (Å²) in [5.41, 5.74) is 3.46. The van der Waals surface area contributed by atoms with Gasteiger partial charge in [0.05, 0.1) is 0 Å². The Morgan fingerprint density at radius 2 is 2.11 bits per heavy atom. The number of hydrogen-bond donors (Lipinski definition) is 2. The number of benzene rings is 2. The smallest absolute Gasteiger partial charge is 0.227 e. The number of carbonyl (C=O) groups is 2. The van der Waals surface area contributed by atoms with Crippen LogP contribution in [-0.2, 0) is 23.1 Å². The molecule has 0 saturated carbocycles. The average molecular weight is 376 g/mol. The van der Waals surface area contributed by atoms with E-state index >= 15 is 0 Å². The van der Waals surface area contributed by atoms with Crippen LogP contribution in [0.5, 0.6) is 0 Å². The molecule has 1 aliphatic rings. The van der Waals surface area contributed by atoms with E-state index in [2.05, 4.69) is 26.2 Å². The van der Waals surface area contributed by atoms with Crippen molar-refractivity contribution >= 4 is 23.2 Å². The van der Waals surface area contributed by atoms with Crippen molar-refractivity contribution in [3.63, 3.8) is 0 Å². The first-order valence-electron chi connectivity index (χ1n) is 9.11. The lowest BCUT2D eigenvalue weighted by atomic mass is 9.89. The number of amides is 2. The fraction of sp³-hybridized carbons (Fsp3) is 0.250. The number of fused-ring (bicyclic) bond motifs is 1. The number of nitrogens with zero attached hydrogens (tertiary/aromatic N) is 4. The summed E-state index contributed by atoms with van der Waals surface area (Å²) in [6.07, 6.45) is 1.43. The summed E-state index contributed by atoms with van der Waals surface area (Å²) in [5, 5.41) is 17.2. The van der Waals surface area contributed by atoms with Crippen LogP contribution in [-0.4, -0.2) is 32.0 Å². The van der Waals surface area contributed by atoms with Crippen LogP contribution >= 0.6 is 0 Å². The summed E-state index contributed by atoms with van der Waals surface area (Å²) in [6.45, 7) is 0. The van der Waals surface area contributed by atoms with Gasteiger partial charge in [-0.05, 0) is 47.0 Å². The Morgan fingerprint density at radius 1 is 1.25 bits per heavy atom. The summed E-state index contributed by atoms with van der Waals surface area (Å²) in [6, 6.07) is 15.1. The molecule has 8 heteroatoms. The fourth-order valence-corrected chi connectivity index (χ4v) is 3.39. The van der Waals surface area contributed by atoms with Gasteiger partial charge in [0.15, 0.2) is 5.82 Å². The highest BCUT2D eigenvalue weighted by atomic mass is 16.2. The number of aryl methyl sites for hydroxylation is 1. The summed E-state index contributed by atoms with van der Waals surface area (Å²) >= 11 is 0. The number of para-hydroxylation sites is 1. The van der Waals surface area contributed by atoms with Crippen molar-refractivity contribution in [1.29, 1.82) is 0 Å². The van der Waals surface area contributed by atoms with E-state index in [-0.39, 0.29) is 24.2 Å². The Hall–Kier alpha value is -3.55. The first-order chi connectivity index (χ1) is 13.6. The second-order valence-electron chi connectivity index (χ2n) is 6.84. The highest BCUT2D eigenvalue weighted by Gasteiger charge is 2.26. The minimum Gasteiger partial charge on any atom is -0.326 e. The van der Waals surface area contributed by atoms with Crippen LogP contribution in [0.1, 0.15) is 18.4 Å². The lowest BCUT2D eigenvalue weighted by Crippen LogP contribution is -2.30. The van der Waals surface area contributed by atoms with Gasteiger partial charge in [0.25, 0.3) is 0 Å². The zero-order chi connectivity index (χ0) is 19.5. The van der Waals surface area contributed by atoms with Crippen molar-refractivity contribution in [1.82, 2.24) is 20.2 Å². The largest absolute Gasteiger partial charge is 0.326 e. The second-order valence-corrected chi connectivity index (χ2v) is 6.84. The van der Waals surface area contributed by atoms with Crippen LogP contribution in [0.2, 0.25) is 0 Å². The van der Waals surface area contributed by atoms with Gasteiger partial charge < -0.3 is 10.6 Å². The Labute approximate surface area is 162 Å². The number of hydrogen-bond acceptors (Lipinski definition) is 5. The van der Waals surface area contributed by atoms with Gasteiger partial charge in [-0.15, -0.1) is 5.10 Å². The fourth-order valence-electron chi connectivity index (χ4n) is 3.39. The first kappa shape index (κ1) is 17.8. The monoisotopic (exact) mass is 376 g/mol. The average Bonchev–Trinajstić information content (AvgIpc) is 3.12. The molecule has 0 fully saturated rings. The van der Waals surface area contributed by atoms with E-state index in [0.717, 1.165) is 16.8 Å². The highest BCUT2D eigenvalue weighted by Crippen LogP contribution is 2.27. The van der Waals surface area contributed by atoms with Crippen molar-refractivity contribution in [3.05, 3.63) is 54.1 Å². The van der Waals surface area contributed by atoms with Crippen LogP contribution in [0, 0.1) is 5.92 Å². The third-order valence-corrected chi connectivity index (χ3v) is 4.86. The molecule has 0 spiro atoms.